The van der Waals surface area contributed by atoms with Crippen LogP contribution in [0.2, 0.25) is 0 Å². The summed E-state index contributed by atoms with van der Waals surface area (Å²) in [5.41, 5.74) is 5.83. The van der Waals surface area contributed by atoms with Gasteiger partial charge in [-0.05, 0) is 66.2 Å². The first kappa shape index (κ1) is 33.8. The topological polar surface area (TPSA) is 83.7 Å². The number of nitrogens with zero attached hydrogens (tertiary/aromatic N) is 4. The fraction of sp³-hybridized carbons (Fsp3) is 0.0196. The van der Waals surface area contributed by atoms with Crippen molar-refractivity contribution in [1.29, 1.82) is 10.5 Å². The van der Waals surface area contributed by atoms with Crippen LogP contribution >= 0.6 is 0 Å². The third-order valence-electron chi connectivity index (χ3n) is 11.8. The Kier molecular flexibility index (Phi) is 6.84. The van der Waals surface area contributed by atoms with Gasteiger partial charge in [-0.1, -0.05) is 91.0 Å². The number of hydrogen-bond donors (Lipinski definition) is 0. The van der Waals surface area contributed by atoms with Crippen LogP contribution < -0.4 is 0 Å². The largest absolute Gasteiger partial charge is 0.454 e. The molecule has 0 fully saturated rings. The lowest BCUT2D eigenvalue weighted by molar-refractivity contribution is -0.137. The van der Waals surface area contributed by atoms with Gasteiger partial charge in [-0.25, -0.2) is 0 Å². The van der Waals surface area contributed by atoms with E-state index in [2.05, 4.69) is 18.2 Å². The average Bonchev–Trinajstić information content (AvgIpc) is 4.03. The van der Waals surface area contributed by atoms with Crippen molar-refractivity contribution in [2.24, 2.45) is 0 Å². The molecule has 0 bridgehead atoms. The van der Waals surface area contributed by atoms with Crippen molar-refractivity contribution in [2.75, 3.05) is 0 Å². The minimum atomic E-state index is -4.74. The molecule has 0 aliphatic heterocycles. The first-order valence-electron chi connectivity index (χ1n) is 19.2. The maximum atomic E-state index is 14.6. The van der Waals surface area contributed by atoms with Gasteiger partial charge in [0.2, 0.25) is 0 Å². The smallest absolute Gasteiger partial charge is 0.416 e. The van der Waals surface area contributed by atoms with Gasteiger partial charge in [0.1, 0.15) is 22.8 Å². The molecule has 0 N–H and O–H groups in total. The maximum Gasteiger partial charge on any atom is 0.416 e. The van der Waals surface area contributed by atoms with E-state index in [0.717, 1.165) is 66.3 Å². The summed E-state index contributed by atoms with van der Waals surface area (Å²) in [5, 5.41) is 28.8. The summed E-state index contributed by atoms with van der Waals surface area (Å²) in [4.78, 5) is 0. The van der Waals surface area contributed by atoms with Crippen molar-refractivity contribution >= 4 is 87.5 Å². The summed E-state index contributed by atoms with van der Waals surface area (Å²) in [5.74, 6) is 0. The first-order chi connectivity index (χ1) is 29.3. The molecule has 0 aliphatic carbocycles. The quantitative estimate of drug-likeness (QED) is 0.179. The van der Waals surface area contributed by atoms with E-state index in [0.29, 0.717) is 50.3 Å². The van der Waals surface area contributed by atoms with Crippen LogP contribution in [-0.2, 0) is 6.18 Å². The predicted molar refractivity (Wildman–Crippen MR) is 230 cm³/mol. The second-order valence-electron chi connectivity index (χ2n) is 15.0. The number of hydrogen-bond acceptors (Lipinski definition) is 4. The van der Waals surface area contributed by atoms with Crippen LogP contribution in [-0.4, -0.2) is 9.13 Å². The number of furan rings is 2. The summed E-state index contributed by atoms with van der Waals surface area (Å²) >= 11 is 0. The molecule has 0 atom stereocenters. The molecule has 4 aromatic heterocycles. The molecule has 4 heterocycles. The van der Waals surface area contributed by atoms with E-state index < -0.39 is 11.7 Å². The Morgan fingerprint density at radius 1 is 0.483 bits per heavy atom. The molecule has 60 heavy (non-hydrogen) atoms. The fourth-order valence-corrected chi connectivity index (χ4v) is 9.30. The Morgan fingerprint density at radius 3 is 1.57 bits per heavy atom. The van der Waals surface area contributed by atoms with Crippen molar-refractivity contribution in [3.8, 4) is 34.6 Å². The lowest BCUT2D eigenvalue weighted by Gasteiger charge is -2.20. The molecule has 282 valence electrons. The fourth-order valence-electron chi connectivity index (χ4n) is 9.30. The van der Waals surface area contributed by atoms with Crippen LogP contribution in [0.1, 0.15) is 16.7 Å². The molecule has 9 heteroatoms. The number of nitriles is 2. The van der Waals surface area contributed by atoms with Gasteiger partial charge in [-0.3, -0.25) is 0 Å². The van der Waals surface area contributed by atoms with Gasteiger partial charge in [-0.15, -0.1) is 0 Å². The van der Waals surface area contributed by atoms with E-state index in [9.17, 15) is 23.7 Å². The van der Waals surface area contributed by atoms with Gasteiger partial charge in [-0.2, -0.15) is 23.7 Å². The van der Waals surface area contributed by atoms with Crippen LogP contribution in [0.25, 0.3) is 110 Å². The minimum Gasteiger partial charge on any atom is -0.454 e. The van der Waals surface area contributed by atoms with E-state index in [1.807, 2.05) is 124 Å². The molecule has 8 aromatic carbocycles. The zero-order chi connectivity index (χ0) is 40.4. The number of para-hydroxylation sites is 4. The third kappa shape index (κ3) is 4.57. The lowest BCUT2D eigenvalue weighted by Crippen LogP contribution is -2.08. The summed E-state index contributed by atoms with van der Waals surface area (Å²) in [6.45, 7) is 0. The van der Waals surface area contributed by atoms with Crippen LogP contribution in [0.5, 0.6) is 0 Å². The van der Waals surface area contributed by atoms with Gasteiger partial charge >= 0.3 is 6.18 Å². The highest BCUT2D eigenvalue weighted by molar-refractivity contribution is 6.23. The van der Waals surface area contributed by atoms with Crippen LogP contribution in [0.4, 0.5) is 13.2 Å². The molecule has 0 saturated carbocycles. The maximum absolute atomic E-state index is 14.6. The molecule has 0 unspecified atom stereocenters. The molecule has 12 rings (SSSR count). The predicted octanol–water partition coefficient (Wildman–Crippen LogP) is 14.1. The number of alkyl halides is 3. The zero-order valence-electron chi connectivity index (χ0n) is 31.2. The lowest BCUT2D eigenvalue weighted by atomic mass is 9.95. The molecule has 0 saturated heterocycles. The standard InChI is InChI=1S/C51H25F3N4O2/c52-51(53,54)30-24-28(26-55)23-29(25-30)31-21-22-43(57-41-13-5-1-9-32(41)36-17-19-38-34-11-3-7-15-44(34)59-49(38)47(36)57)40(27-56)46(31)58-42-14-6-2-10-33(42)37-18-20-39-35-12-4-8-16-45(35)60-50(39)48(37)58/h1-25H. The summed E-state index contributed by atoms with van der Waals surface area (Å²) < 4.78 is 61.0. The molecular weight excluding hydrogens is 758 g/mol. The van der Waals surface area contributed by atoms with E-state index in [4.69, 9.17) is 8.83 Å². The van der Waals surface area contributed by atoms with Gasteiger partial charge in [0.15, 0.2) is 11.2 Å². The summed E-state index contributed by atoms with van der Waals surface area (Å²) in [6.07, 6.45) is -4.74. The van der Waals surface area contributed by atoms with Crippen LogP contribution in [0.3, 0.4) is 0 Å². The highest BCUT2D eigenvalue weighted by atomic mass is 19.4. The molecular formula is C51H25F3N4O2. The van der Waals surface area contributed by atoms with E-state index in [1.54, 1.807) is 12.1 Å². The first-order valence-corrected chi connectivity index (χ1v) is 19.2. The van der Waals surface area contributed by atoms with Crippen molar-refractivity contribution in [3.63, 3.8) is 0 Å². The van der Waals surface area contributed by atoms with Crippen molar-refractivity contribution in [3.05, 3.63) is 168 Å². The van der Waals surface area contributed by atoms with Crippen LogP contribution in [0.15, 0.2) is 160 Å². The van der Waals surface area contributed by atoms with E-state index in [-0.39, 0.29) is 16.7 Å². The van der Waals surface area contributed by atoms with Gasteiger partial charge in [0, 0.05) is 48.7 Å². The Bertz CT molecular complexity index is 3920. The normalized spacial score (nSPS) is 12.2. The summed E-state index contributed by atoms with van der Waals surface area (Å²) in [7, 11) is 0. The van der Waals surface area contributed by atoms with Crippen LogP contribution in [0, 0.1) is 22.7 Å². The average molecular weight is 783 g/mol. The Morgan fingerprint density at radius 2 is 1.00 bits per heavy atom. The SMILES string of the molecule is N#Cc1cc(-c2ccc(-n3c4ccccc4c4ccc5c6ccccc6oc5c43)c(C#N)c2-n2c3ccccc3c3ccc4c5ccccc5oc4c32)cc(C(F)(F)F)c1. The van der Waals surface area contributed by atoms with Gasteiger partial charge < -0.3 is 18.0 Å². The molecule has 0 amide bonds. The van der Waals surface area contributed by atoms with Crippen molar-refractivity contribution in [2.45, 2.75) is 6.18 Å². The molecule has 0 radical (unpaired) electrons. The van der Waals surface area contributed by atoms with E-state index in [1.165, 1.54) is 6.07 Å². The Labute approximate surface area is 337 Å². The van der Waals surface area contributed by atoms with E-state index >= 15 is 0 Å². The zero-order valence-corrected chi connectivity index (χ0v) is 31.2. The molecule has 6 nitrogen and oxygen atoms in total. The summed E-state index contributed by atoms with van der Waals surface area (Å²) in [6, 6.07) is 50.7. The minimum absolute atomic E-state index is 0.129. The highest BCUT2D eigenvalue weighted by Crippen LogP contribution is 2.47. The van der Waals surface area contributed by atoms with Gasteiger partial charge in [0.05, 0.1) is 50.6 Å². The number of benzene rings is 8. The molecule has 0 spiro atoms. The number of halogens is 3. The monoisotopic (exact) mass is 782 g/mol. The van der Waals surface area contributed by atoms with Crippen molar-refractivity contribution in [1.82, 2.24) is 9.13 Å². The number of fused-ring (bicyclic) bond motifs is 14. The Balaban J connectivity index is 1.30. The second-order valence-corrected chi connectivity index (χ2v) is 15.0. The van der Waals surface area contributed by atoms with Crippen molar-refractivity contribution < 1.29 is 22.0 Å². The van der Waals surface area contributed by atoms with Gasteiger partial charge in [0.25, 0.3) is 0 Å². The second kappa shape index (κ2) is 12.1. The molecule has 12 aromatic rings. The third-order valence-corrected chi connectivity index (χ3v) is 11.8. The highest BCUT2D eigenvalue weighted by Gasteiger charge is 2.33. The number of aromatic nitrogens is 2. The number of rotatable bonds is 3. The molecule has 0 aliphatic rings. The Hall–Kier alpha value is -8.27.